The van der Waals surface area contributed by atoms with Gasteiger partial charge in [-0.25, -0.2) is 4.99 Å². The molecule has 0 N–H and O–H groups in total. The summed E-state index contributed by atoms with van der Waals surface area (Å²) in [6.07, 6.45) is 6.70. The van der Waals surface area contributed by atoms with E-state index < -0.39 is 0 Å². The predicted molar refractivity (Wildman–Crippen MR) is 64.8 cm³/mol. The number of aliphatic imine (C=N–C) groups is 1. The molecule has 3 atom stereocenters. The van der Waals surface area contributed by atoms with Gasteiger partial charge in [0, 0.05) is 5.92 Å². The van der Waals surface area contributed by atoms with Crippen molar-refractivity contribution in [2.45, 2.75) is 58.1 Å². The fourth-order valence-electron chi connectivity index (χ4n) is 2.35. The molecule has 1 saturated heterocycles. The first-order chi connectivity index (χ1) is 7.81. The molecule has 0 bridgehead atoms. The number of ether oxygens (including phenoxy) is 2. The van der Waals surface area contributed by atoms with Crippen LogP contribution in [-0.4, -0.2) is 31.3 Å². The van der Waals surface area contributed by atoms with Crippen LogP contribution in [0.3, 0.4) is 0 Å². The largest absolute Gasteiger partial charge is 0.473 e. The average Bonchev–Trinajstić information content (AvgIpc) is 2.83. The lowest BCUT2D eigenvalue weighted by Crippen LogP contribution is -2.21. The van der Waals surface area contributed by atoms with Crippen molar-refractivity contribution in [3.05, 3.63) is 0 Å². The summed E-state index contributed by atoms with van der Waals surface area (Å²) in [4.78, 5) is 4.62. The van der Waals surface area contributed by atoms with Crippen LogP contribution in [0.5, 0.6) is 0 Å². The van der Waals surface area contributed by atoms with Gasteiger partial charge in [0.2, 0.25) is 0 Å². The molecule has 2 aliphatic heterocycles. The Balaban J connectivity index is 1.71. The summed E-state index contributed by atoms with van der Waals surface area (Å²) in [7, 11) is 0. The quantitative estimate of drug-likeness (QED) is 0.651. The lowest BCUT2D eigenvalue weighted by Gasteiger charge is -2.13. The van der Waals surface area contributed by atoms with Crippen molar-refractivity contribution < 1.29 is 9.47 Å². The molecule has 0 spiro atoms. The van der Waals surface area contributed by atoms with Crippen LogP contribution in [0.25, 0.3) is 0 Å². The van der Waals surface area contributed by atoms with Crippen LogP contribution in [0.15, 0.2) is 4.99 Å². The monoisotopic (exact) mass is 225 g/mol. The molecule has 0 aliphatic carbocycles. The van der Waals surface area contributed by atoms with Crippen LogP contribution < -0.4 is 0 Å². The van der Waals surface area contributed by atoms with E-state index >= 15 is 0 Å². The Hall–Kier alpha value is -0.570. The van der Waals surface area contributed by atoms with E-state index in [1.165, 1.54) is 32.1 Å². The van der Waals surface area contributed by atoms with Crippen molar-refractivity contribution in [3.63, 3.8) is 0 Å². The molecule has 2 heterocycles. The molecule has 1 fully saturated rings. The summed E-state index contributed by atoms with van der Waals surface area (Å²) >= 11 is 0. The highest BCUT2D eigenvalue weighted by molar-refractivity contribution is 5.80. The van der Waals surface area contributed by atoms with Crippen LogP contribution in [0.1, 0.15) is 46.0 Å². The summed E-state index contributed by atoms with van der Waals surface area (Å²) in [5.41, 5.74) is 0. The summed E-state index contributed by atoms with van der Waals surface area (Å²) in [5, 5.41) is 0. The Morgan fingerprint density at radius 2 is 2.19 bits per heavy atom. The van der Waals surface area contributed by atoms with Gasteiger partial charge in [0.1, 0.15) is 12.1 Å². The molecule has 2 aliphatic rings. The van der Waals surface area contributed by atoms with Crippen LogP contribution >= 0.6 is 0 Å². The van der Waals surface area contributed by atoms with Crippen molar-refractivity contribution in [3.8, 4) is 0 Å². The molecule has 0 amide bonds. The van der Waals surface area contributed by atoms with Crippen molar-refractivity contribution in [1.29, 1.82) is 0 Å². The molecule has 0 aromatic carbocycles. The number of fused-ring (bicyclic) bond motifs is 1. The van der Waals surface area contributed by atoms with Gasteiger partial charge >= 0.3 is 0 Å². The van der Waals surface area contributed by atoms with Gasteiger partial charge in [-0.3, -0.25) is 0 Å². The maximum atomic E-state index is 5.83. The van der Waals surface area contributed by atoms with Gasteiger partial charge in [-0.05, 0) is 6.42 Å². The van der Waals surface area contributed by atoms with Gasteiger partial charge in [-0.2, -0.15) is 0 Å². The number of hydrogen-bond acceptors (Lipinski definition) is 3. The molecule has 0 aromatic heterocycles. The van der Waals surface area contributed by atoms with E-state index in [2.05, 4.69) is 18.8 Å². The van der Waals surface area contributed by atoms with Crippen molar-refractivity contribution in [2.24, 2.45) is 10.9 Å². The average molecular weight is 225 g/mol. The zero-order chi connectivity index (χ0) is 11.4. The fraction of sp³-hybridized carbons (Fsp3) is 0.923. The van der Waals surface area contributed by atoms with Crippen LogP contribution in [0.2, 0.25) is 0 Å². The summed E-state index contributed by atoms with van der Waals surface area (Å²) in [6.45, 7) is 5.94. The summed E-state index contributed by atoms with van der Waals surface area (Å²) in [6, 6.07) is 0.285. The lowest BCUT2D eigenvalue weighted by molar-refractivity contribution is 0.133. The van der Waals surface area contributed by atoms with Crippen molar-refractivity contribution in [2.75, 3.05) is 13.2 Å². The van der Waals surface area contributed by atoms with Gasteiger partial charge < -0.3 is 9.47 Å². The first-order valence-corrected chi connectivity index (χ1v) is 6.63. The van der Waals surface area contributed by atoms with Gasteiger partial charge in [0.05, 0.1) is 13.2 Å². The third-order valence-electron chi connectivity index (χ3n) is 3.48. The van der Waals surface area contributed by atoms with E-state index in [1.807, 2.05) is 0 Å². The Morgan fingerprint density at radius 1 is 1.31 bits per heavy atom. The number of unbranched alkanes of at least 4 members (excludes halogenated alkanes) is 3. The molecule has 92 valence electrons. The maximum absolute atomic E-state index is 5.83. The minimum Gasteiger partial charge on any atom is -0.473 e. The standard InChI is InChI=1S/C13H23NO2/c1-3-4-5-6-7-10(2)13-14-11-8-15-9-12(11)16-13/h10-12H,3-9H2,1-2H3. The highest BCUT2D eigenvalue weighted by Crippen LogP contribution is 2.25. The molecular weight excluding hydrogens is 202 g/mol. The van der Waals surface area contributed by atoms with Gasteiger partial charge in [0.15, 0.2) is 5.90 Å². The van der Waals surface area contributed by atoms with E-state index in [-0.39, 0.29) is 12.1 Å². The smallest absolute Gasteiger partial charge is 0.187 e. The molecular formula is C13H23NO2. The summed E-state index contributed by atoms with van der Waals surface area (Å²) in [5.74, 6) is 1.47. The Kier molecular flexibility index (Phi) is 4.22. The molecule has 3 heteroatoms. The zero-order valence-corrected chi connectivity index (χ0v) is 10.4. The Morgan fingerprint density at radius 3 is 2.94 bits per heavy atom. The van der Waals surface area contributed by atoms with E-state index in [0.29, 0.717) is 5.92 Å². The number of rotatable bonds is 6. The zero-order valence-electron chi connectivity index (χ0n) is 10.4. The molecule has 3 unspecified atom stereocenters. The maximum Gasteiger partial charge on any atom is 0.187 e. The molecule has 0 saturated carbocycles. The minimum absolute atomic E-state index is 0.216. The van der Waals surface area contributed by atoms with E-state index in [4.69, 9.17) is 9.47 Å². The predicted octanol–water partition coefficient (Wildman–Crippen LogP) is 2.79. The number of hydrogen-bond donors (Lipinski definition) is 0. The molecule has 2 rings (SSSR count). The summed E-state index contributed by atoms with van der Waals surface area (Å²) < 4.78 is 11.1. The van der Waals surface area contributed by atoms with Crippen molar-refractivity contribution in [1.82, 2.24) is 0 Å². The van der Waals surface area contributed by atoms with Crippen molar-refractivity contribution >= 4 is 5.90 Å². The number of nitrogens with zero attached hydrogens (tertiary/aromatic N) is 1. The highest BCUT2D eigenvalue weighted by Gasteiger charge is 2.37. The molecule has 0 radical (unpaired) electrons. The van der Waals surface area contributed by atoms with Crippen LogP contribution in [-0.2, 0) is 9.47 Å². The lowest BCUT2D eigenvalue weighted by atomic mass is 10.0. The van der Waals surface area contributed by atoms with E-state index in [0.717, 1.165) is 19.1 Å². The normalized spacial score (nSPS) is 29.8. The van der Waals surface area contributed by atoms with Crippen LogP contribution in [0, 0.1) is 5.92 Å². The van der Waals surface area contributed by atoms with Gasteiger partial charge in [-0.1, -0.05) is 39.5 Å². The third-order valence-corrected chi connectivity index (χ3v) is 3.48. The Bertz CT molecular complexity index is 252. The molecule has 16 heavy (non-hydrogen) atoms. The second kappa shape index (κ2) is 5.67. The Labute approximate surface area is 98.2 Å². The minimum atomic E-state index is 0.216. The topological polar surface area (TPSA) is 30.8 Å². The first-order valence-electron chi connectivity index (χ1n) is 6.63. The third kappa shape index (κ3) is 2.76. The van der Waals surface area contributed by atoms with E-state index in [9.17, 15) is 0 Å². The molecule has 3 nitrogen and oxygen atoms in total. The van der Waals surface area contributed by atoms with Crippen LogP contribution in [0.4, 0.5) is 0 Å². The first kappa shape index (κ1) is 11.9. The fourth-order valence-corrected chi connectivity index (χ4v) is 2.35. The highest BCUT2D eigenvalue weighted by atomic mass is 16.6. The van der Waals surface area contributed by atoms with E-state index in [1.54, 1.807) is 0 Å². The second-order valence-electron chi connectivity index (χ2n) is 4.98. The SMILES string of the molecule is CCCCCCC(C)C1=NC2COCC2O1. The molecule has 0 aromatic rings. The van der Waals surface area contributed by atoms with Gasteiger partial charge in [0.25, 0.3) is 0 Å². The second-order valence-corrected chi connectivity index (χ2v) is 4.98. The van der Waals surface area contributed by atoms with Gasteiger partial charge in [-0.15, -0.1) is 0 Å².